The number of rotatable bonds is 2. The molecule has 0 bridgehead atoms. The third-order valence-electron chi connectivity index (χ3n) is 1.87. The number of anilines is 1. The Kier molecular flexibility index (Phi) is 1.88. The number of hydrogen-bond acceptors (Lipinski definition) is 4. The molecular formula is C9H11NO3. The molecule has 1 aliphatic rings. The molecule has 2 rings (SSSR count). The molecular weight excluding hydrogens is 170 g/mol. The number of phenolic OH excluding ortho intramolecular Hbond substituents is 1. The second-order valence-electron chi connectivity index (χ2n) is 2.72. The van der Waals surface area contributed by atoms with Crippen LogP contribution in [0.1, 0.15) is 6.92 Å². The summed E-state index contributed by atoms with van der Waals surface area (Å²) in [4.78, 5) is 0. The monoisotopic (exact) mass is 181 g/mol. The summed E-state index contributed by atoms with van der Waals surface area (Å²) in [5, 5.41) is 12.5. The molecule has 4 nitrogen and oxygen atoms in total. The maximum atomic E-state index is 9.51. The van der Waals surface area contributed by atoms with Crippen LogP contribution in [-0.2, 0) is 0 Å². The van der Waals surface area contributed by atoms with E-state index in [-0.39, 0.29) is 12.5 Å². The van der Waals surface area contributed by atoms with E-state index in [4.69, 9.17) is 9.47 Å². The first-order valence-electron chi connectivity index (χ1n) is 4.18. The molecule has 0 unspecified atom stereocenters. The van der Waals surface area contributed by atoms with Crippen LogP contribution in [0.3, 0.4) is 0 Å². The van der Waals surface area contributed by atoms with Crippen molar-refractivity contribution in [2.75, 3.05) is 18.7 Å². The lowest BCUT2D eigenvalue weighted by atomic mass is 10.2. The van der Waals surface area contributed by atoms with Gasteiger partial charge in [-0.25, -0.2) is 0 Å². The van der Waals surface area contributed by atoms with Gasteiger partial charge in [-0.3, -0.25) is 0 Å². The van der Waals surface area contributed by atoms with E-state index < -0.39 is 0 Å². The van der Waals surface area contributed by atoms with Gasteiger partial charge in [0, 0.05) is 6.54 Å². The van der Waals surface area contributed by atoms with E-state index in [9.17, 15) is 5.11 Å². The topological polar surface area (TPSA) is 50.7 Å². The fourth-order valence-electron chi connectivity index (χ4n) is 1.31. The zero-order valence-corrected chi connectivity index (χ0v) is 7.33. The van der Waals surface area contributed by atoms with Crippen LogP contribution in [0.25, 0.3) is 0 Å². The third-order valence-corrected chi connectivity index (χ3v) is 1.87. The van der Waals surface area contributed by atoms with Crippen LogP contribution in [0, 0.1) is 0 Å². The molecule has 0 spiro atoms. The largest absolute Gasteiger partial charge is 0.506 e. The number of aromatic hydroxyl groups is 1. The zero-order chi connectivity index (χ0) is 9.26. The number of hydrogen-bond donors (Lipinski definition) is 2. The van der Waals surface area contributed by atoms with Gasteiger partial charge in [0.25, 0.3) is 0 Å². The highest BCUT2D eigenvalue weighted by Crippen LogP contribution is 2.44. The summed E-state index contributed by atoms with van der Waals surface area (Å²) >= 11 is 0. The summed E-state index contributed by atoms with van der Waals surface area (Å²) in [5.74, 6) is 1.46. The van der Waals surface area contributed by atoms with Gasteiger partial charge >= 0.3 is 0 Å². The van der Waals surface area contributed by atoms with Crippen LogP contribution in [0.5, 0.6) is 17.2 Å². The van der Waals surface area contributed by atoms with Gasteiger partial charge in [-0.05, 0) is 19.1 Å². The first kappa shape index (κ1) is 8.04. The minimum absolute atomic E-state index is 0.186. The number of nitrogens with one attached hydrogen (secondary N) is 1. The number of fused-ring (bicyclic) bond motifs is 1. The normalized spacial score (nSPS) is 13.0. The average Bonchev–Trinajstić information content (AvgIpc) is 2.58. The molecule has 1 heterocycles. The van der Waals surface area contributed by atoms with Crippen LogP contribution in [0.2, 0.25) is 0 Å². The van der Waals surface area contributed by atoms with Crippen molar-refractivity contribution in [2.24, 2.45) is 0 Å². The smallest absolute Gasteiger partial charge is 0.231 e. The Morgan fingerprint density at radius 3 is 3.08 bits per heavy atom. The number of phenols is 1. The molecule has 0 saturated carbocycles. The molecule has 0 aromatic heterocycles. The van der Waals surface area contributed by atoms with E-state index in [0.29, 0.717) is 17.2 Å². The Labute approximate surface area is 76.1 Å². The van der Waals surface area contributed by atoms with Crippen LogP contribution < -0.4 is 14.8 Å². The molecule has 2 N–H and O–H groups in total. The molecule has 0 saturated heterocycles. The summed E-state index contributed by atoms with van der Waals surface area (Å²) < 4.78 is 10.4. The van der Waals surface area contributed by atoms with Crippen LogP contribution in [0.15, 0.2) is 12.1 Å². The molecule has 0 aliphatic carbocycles. The van der Waals surface area contributed by atoms with Crippen LogP contribution in [0.4, 0.5) is 5.69 Å². The highest BCUT2D eigenvalue weighted by atomic mass is 16.7. The van der Waals surface area contributed by atoms with E-state index in [0.717, 1.165) is 6.54 Å². The minimum atomic E-state index is 0.186. The van der Waals surface area contributed by atoms with Gasteiger partial charge in [0.2, 0.25) is 6.79 Å². The first-order valence-corrected chi connectivity index (χ1v) is 4.18. The van der Waals surface area contributed by atoms with Gasteiger partial charge in [0.05, 0.1) is 0 Å². The molecule has 70 valence electrons. The van der Waals surface area contributed by atoms with E-state index in [1.165, 1.54) is 0 Å². The zero-order valence-electron chi connectivity index (χ0n) is 7.33. The SMILES string of the molecule is CCNc1c(O)ccc2c1OCO2. The lowest BCUT2D eigenvalue weighted by molar-refractivity contribution is 0.174. The van der Waals surface area contributed by atoms with Gasteiger partial charge in [-0.15, -0.1) is 0 Å². The molecule has 1 aromatic rings. The van der Waals surface area contributed by atoms with Crippen LogP contribution >= 0.6 is 0 Å². The fourth-order valence-corrected chi connectivity index (χ4v) is 1.31. The predicted octanol–water partition coefficient (Wildman–Crippen LogP) is 1.55. The van der Waals surface area contributed by atoms with Crippen molar-refractivity contribution < 1.29 is 14.6 Å². The summed E-state index contributed by atoms with van der Waals surface area (Å²) in [6, 6.07) is 3.28. The Hall–Kier alpha value is -1.58. The Bertz CT molecular complexity index is 325. The average molecular weight is 181 g/mol. The third kappa shape index (κ3) is 1.24. The number of ether oxygens (including phenoxy) is 2. The van der Waals surface area contributed by atoms with Crippen LogP contribution in [-0.4, -0.2) is 18.4 Å². The lowest BCUT2D eigenvalue weighted by Crippen LogP contribution is -1.99. The van der Waals surface area contributed by atoms with Gasteiger partial charge in [0.15, 0.2) is 11.5 Å². The molecule has 0 fully saturated rings. The quantitative estimate of drug-likeness (QED) is 0.680. The Balaban J connectivity index is 2.45. The lowest BCUT2D eigenvalue weighted by Gasteiger charge is -2.08. The summed E-state index contributed by atoms with van der Waals surface area (Å²) in [6.07, 6.45) is 0. The van der Waals surface area contributed by atoms with Crippen molar-refractivity contribution in [2.45, 2.75) is 6.92 Å². The predicted molar refractivity (Wildman–Crippen MR) is 48.4 cm³/mol. The first-order chi connectivity index (χ1) is 6.33. The Morgan fingerprint density at radius 1 is 1.46 bits per heavy atom. The second kappa shape index (κ2) is 3.05. The van der Waals surface area contributed by atoms with Crippen molar-refractivity contribution >= 4 is 5.69 Å². The molecule has 0 amide bonds. The van der Waals surface area contributed by atoms with Gasteiger partial charge < -0.3 is 19.9 Å². The number of benzene rings is 1. The van der Waals surface area contributed by atoms with Crippen molar-refractivity contribution in [3.05, 3.63) is 12.1 Å². The van der Waals surface area contributed by atoms with Crippen molar-refractivity contribution in [3.8, 4) is 17.2 Å². The molecule has 1 aromatic carbocycles. The molecule has 13 heavy (non-hydrogen) atoms. The molecule has 0 atom stereocenters. The van der Waals surface area contributed by atoms with Gasteiger partial charge in [-0.2, -0.15) is 0 Å². The fraction of sp³-hybridized carbons (Fsp3) is 0.333. The maximum absolute atomic E-state index is 9.51. The van der Waals surface area contributed by atoms with Crippen molar-refractivity contribution in [1.82, 2.24) is 0 Å². The van der Waals surface area contributed by atoms with E-state index in [1.807, 2.05) is 6.92 Å². The van der Waals surface area contributed by atoms with Gasteiger partial charge in [-0.1, -0.05) is 0 Å². The molecule has 1 aliphatic heterocycles. The Morgan fingerprint density at radius 2 is 2.31 bits per heavy atom. The molecule has 4 heteroatoms. The highest BCUT2D eigenvalue weighted by Gasteiger charge is 2.19. The summed E-state index contributed by atoms with van der Waals surface area (Å²) in [5.41, 5.74) is 0.609. The second-order valence-corrected chi connectivity index (χ2v) is 2.72. The van der Waals surface area contributed by atoms with E-state index >= 15 is 0 Å². The van der Waals surface area contributed by atoms with Crippen molar-refractivity contribution in [1.29, 1.82) is 0 Å². The van der Waals surface area contributed by atoms with E-state index in [2.05, 4.69) is 5.32 Å². The highest BCUT2D eigenvalue weighted by molar-refractivity contribution is 5.71. The standard InChI is InChI=1S/C9H11NO3/c1-2-10-8-6(11)3-4-7-9(8)13-5-12-7/h3-4,10-11H,2,5H2,1H3. The van der Waals surface area contributed by atoms with E-state index in [1.54, 1.807) is 12.1 Å². The van der Waals surface area contributed by atoms with Crippen molar-refractivity contribution in [3.63, 3.8) is 0 Å². The van der Waals surface area contributed by atoms with Gasteiger partial charge in [0.1, 0.15) is 11.4 Å². The summed E-state index contributed by atoms with van der Waals surface area (Å²) in [6.45, 7) is 2.90. The minimum Gasteiger partial charge on any atom is -0.506 e. The summed E-state index contributed by atoms with van der Waals surface area (Å²) in [7, 11) is 0. The maximum Gasteiger partial charge on any atom is 0.231 e. The molecule has 0 radical (unpaired) electrons.